The van der Waals surface area contributed by atoms with Crippen molar-refractivity contribution in [3.63, 3.8) is 0 Å². The van der Waals surface area contributed by atoms with Gasteiger partial charge in [0, 0.05) is 31.1 Å². The fourth-order valence-corrected chi connectivity index (χ4v) is 2.10. The Balaban J connectivity index is 1.76. The third kappa shape index (κ3) is 3.44. The molecule has 17 heavy (non-hydrogen) atoms. The summed E-state index contributed by atoms with van der Waals surface area (Å²) >= 11 is 1.65. The molecule has 0 saturated heterocycles. The van der Waals surface area contributed by atoms with Crippen molar-refractivity contribution >= 4 is 11.3 Å². The van der Waals surface area contributed by atoms with Crippen molar-refractivity contribution in [3.05, 3.63) is 40.3 Å². The Labute approximate surface area is 104 Å². The summed E-state index contributed by atoms with van der Waals surface area (Å²) in [6, 6.07) is 4.84. The normalized spacial score (nSPS) is 10.6. The van der Waals surface area contributed by atoms with Gasteiger partial charge in [-0.2, -0.15) is 0 Å². The molecule has 0 aliphatic rings. The fraction of sp³-hybridized carbons (Fsp3) is 0.250. The summed E-state index contributed by atoms with van der Waals surface area (Å²) in [6.45, 7) is 1.51. The van der Waals surface area contributed by atoms with E-state index in [4.69, 9.17) is 5.11 Å². The van der Waals surface area contributed by atoms with Crippen LogP contribution in [0.3, 0.4) is 0 Å². The average molecular weight is 250 g/mol. The molecular formula is C12H14N2O2S. The third-order valence-corrected chi connectivity index (χ3v) is 3.21. The monoisotopic (exact) mass is 250 g/mol. The van der Waals surface area contributed by atoms with Crippen LogP contribution in [-0.2, 0) is 13.0 Å². The molecule has 0 fully saturated rings. The molecule has 3 N–H and O–H groups in total. The third-order valence-electron chi connectivity index (χ3n) is 2.37. The molecule has 0 radical (unpaired) electrons. The standard InChI is InChI=1S/C12H14N2O2S/c15-10-2-1-9(7-11(10)16)8-13-4-3-12-14-5-6-17-12/h1-2,5-7,13,15-16H,3-4,8H2. The Hall–Kier alpha value is -1.59. The topological polar surface area (TPSA) is 65.4 Å². The van der Waals surface area contributed by atoms with Crippen LogP contribution in [0.1, 0.15) is 10.6 Å². The van der Waals surface area contributed by atoms with Gasteiger partial charge < -0.3 is 15.5 Å². The van der Waals surface area contributed by atoms with E-state index >= 15 is 0 Å². The molecule has 0 amide bonds. The lowest BCUT2D eigenvalue weighted by Gasteiger charge is -2.05. The molecule has 5 heteroatoms. The highest BCUT2D eigenvalue weighted by atomic mass is 32.1. The number of rotatable bonds is 5. The van der Waals surface area contributed by atoms with Crippen molar-refractivity contribution in [2.45, 2.75) is 13.0 Å². The SMILES string of the molecule is Oc1ccc(CNCCc2nccs2)cc1O. The van der Waals surface area contributed by atoms with Gasteiger partial charge in [-0.15, -0.1) is 11.3 Å². The van der Waals surface area contributed by atoms with E-state index in [-0.39, 0.29) is 11.5 Å². The Morgan fingerprint density at radius 1 is 1.24 bits per heavy atom. The van der Waals surface area contributed by atoms with Crippen molar-refractivity contribution in [2.24, 2.45) is 0 Å². The van der Waals surface area contributed by atoms with Crippen molar-refractivity contribution < 1.29 is 10.2 Å². The molecule has 1 aromatic heterocycles. The maximum absolute atomic E-state index is 9.32. The molecule has 0 saturated carbocycles. The van der Waals surface area contributed by atoms with Crippen molar-refractivity contribution in [1.29, 1.82) is 0 Å². The Kier molecular flexibility index (Phi) is 3.95. The van der Waals surface area contributed by atoms with Gasteiger partial charge in [0.2, 0.25) is 0 Å². The molecule has 1 heterocycles. The van der Waals surface area contributed by atoms with E-state index in [1.54, 1.807) is 29.7 Å². The van der Waals surface area contributed by atoms with Crippen molar-refractivity contribution in [3.8, 4) is 11.5 Å². The highest BCUT2D eigenvalue weighted by Crippen LogP contribution is 2.24. The lowest BCUT2D eigenvalue weighted by atomic mass is 10.2. The van der Waals surface area contributed by atoms with Crippen LogP contribution in [0.4, 0.5) is 0 Å². The molecule has 0 unspecified atom stereocenters. The van der Waals surface area contributed by atoms with Crippen LogP contribution >= 0.6 is 11.3 Å². The summed E-state index contributed by atoms with van der Waals surface area (Å²) < 4.78 is 0. The van der Waals surface area contributed by atoms with Gasteiger partial charge in [0.1, 0.15) is 0 Å². The van der Waals surface area contributed by atoms with Gasteiger partial charge >= 0.3 is 0 Å². The predicted octanol–water partition coefficient (Wildman–Crippen LogP) is 1.89. The molecule has 90 valence electrons. The second kappa shape index (κ2) is 5.65. The zero-order chi connectivity index (χ0) is 12.1. The van der Waals surface area contributed by atoms with Crippen LogP contribution in [0.15, 0.2) is 29.8 Å². The van der Waals surface area contributed by atoms with Gasteiger partial charge in [-0.1, -0.05) is 6.07 Å². The maximum Gasteiger partial charge on any atom is 0.157 e. The predicted molar refractivity (Wildman–Crippen MR) is 67.3 cm³/mol. The largest absolute Gasteiger partial charge is 0.504 e. The number of hydrogen-bond acceptors (Lipinski definition) is 5. The van der Waals surface area contributed by atoms with Crippen LogP contribution in [0, 0.1) is 0 Å². The number of phenolic OH excluding ortho intramolecular Hbond substituents is 2. The first kappa shape index (κ1) is 11.9. The van der Waals surface area contributed by atoms with Crippen LogP contribution in [0.2, 0.25) is 0 Å². The fourth-order valence-electron chi connectivity index (χ4n) is 1.48. The molecule has 4 nitrogen and oxygen atoms in total. The second-order valence-corrected chi connectivity index (χ2v) is 4.65. The minimum atomic E-state index is -0.0865. The number of thiazole rings is 1. The van der Waals surface area contributed by atoms with E-state index in [1.165, 1.54) is 6.07 Å². The number of benzene rings is 1. The van der Waals surface area contributed by atoms with Crippen LogP contribution in [0.25, 0.3) is 0 Å². The molecular weight excluding hydrogens is 236 g/mol. The number of hydrogen-bond donors (Lipinski definition) is 3. The van der Waals surface area contributed by atoms with Gasteiger partial charge in [0.15, 0.2) is 11.5 Å². The number of aromatic nitrogens is 1. The maximum atomic E-state index is 9.32. The Morgan fingerprint density at radius 3 is 2.82 bits per heavy atom. The quantitative estimate of drug-likeness (QED) is 0.560. The number of aromatic hydroxyl groups is 2. The Morgan fingerprint density at radius 2 is 2.12 bits per heavy atom. The van der Waals surface area contributed by atoms with Crippen LogP contribution in [0.5, 0.6) is 11.5 Å². The van der Waals surface area contributed by atoms with Gasteiger partial charge in [-0.05, 0) is 17.7 Å². The lowest BCUT2D eigenvalue weighted by molar-refractivity contribution is 0.403. The lowest BCUT2D eigenvalue weighted by Crippen LogP contribution is -2.16. The van der Waals surface area contributed by atoms with Crippen LogP contribution in [-0.4, -0.2) is 21.7 Å². The van der Waals surface area contributed by atoms with Gasteiger partial charge in [0.05, 0.1) is 5.01 Å². The van der Waals surface area contributed by atoms with Crippen LogP contribution < -0.4 is 5.32 Å². The highest BCUT2D eigenvalue weighted by Gasteiger charge is 2.00. The van der Waals surface area contributed by atoms with E-state index in [2.05, 4.69) is 10.3 Å². The molecule has 0 bridgehead atoms. The summed E-state index contributed by atoms with van der Waals surface area (Å²) in [5.74, 6) is -0.166. The molecule has 1 aromatic carbocycles. The molecule has 0 atom stereocenters. The smallest absolute Gasteiger partial charge is 0.157 e. The number of phenols is 2. The summed E-state index contributed by atoms with van der Waals surface area (Å²) in [5, 5.41) is 24.8. The first-order valence-electron chi connectivity index (χ1n) is 5.35. The van der Waals surface area contributed by atoms with E-state index < -0.39 is 0 Å². The minimum absolute atomic E-state index is 0.0794. The minimum Gasteiger partial charge on any atom is -0.504 e. The summed E-state index contributed by atoms with van der Waals surface area (Å²) in [4.78, 5) is 4.19. The molecule has 2 aromatic rings. The second-order valence-electron chi connectivity index (χ2n) is 3.68. The zero-order valence-electron chi connectivity index (χ0n) is 9.26. The number of nitrogens with one attached hydrogen (secondary N) is 1. The van der Waals surface area contributed by atoms with Crippen molar-refractivity contribution in [1.82, 2.24) is 10.3 Å². The first-order valence-corrected chi connectivity index (χ1v) is 6.23. The number of nitrogens with zero attached hydrogens (tertiary/aromatic N) is 1. The molecule has 2 rings (SSSR count). The zero-order valence-corrected chi connectivity index (χ0v) is 10.1. The van der Waals surface area contributed by atoms with E-state index in [1.807, 2.05) is 5.38 Å². The van der Waals surface area contributed by atoms with Gasteiger partial charge in [-0.25, -0.2) is 4.98 Å². The van der Waals surface area contributed by atoms with E-state index in [0.717, 1.165) is 23.5 Å². The first-order chi connectivity index (χ1) is 8.25. The molecule has 0 spiro atoms. The van der Waals surface area contributed by atoms with E-state index in [9.17, 15) is 5.11 Å². The summed E-state index contributed by atoms with van der Waals surface area (Å²) in [7, 11) is 0. The van der Waals surface area contributed by atoms with Crippen molar-refractivity contribution in [2.75, 3.05) is 6.54 Å². The summed E-state index contributed by atoms with van der Waals surface area (Å²) in [5.41, 5.74) is 0.944. The average Bonchev–Trinajstić information content (AvgIpc) is 2.82. The van der Waals surface area contributed by atoms with Gasteiger partial charge in [0.25, 0.3) is 0 Å². The molecule has 0 aliphatic carbocycles. The molecule has 0 aliphatic heterocycles. The highest BCUT2D eigenvalue weighted by molar-refractivity contribution is 7.09. The Bertz CT molecular complexity index is 471. The van der Waals surface area contributed by atoms with E-state index in [0.29, 0.717) is 6.54 Å². The van der Waals surface area contributed by atoms with Gasteiger partial charge in [-0.3, -0.25) is 0 Å². The summed E-state index contributed by atoms with van der Waals surface area (Å²) in [6.07, 6.45) is 2.71.